The monoisotopic (exact) mass is 475 g/mol. The second kappa shape index (κ2) is 10.3. The van der Waals surface area contributed by atoms with Gasteiger partial charge in [-0.2, -0.15) is 0 Å². The van der Waals surface area contributed by atoms with Crippen molar-refractivity contribution in [3.63, 3.8) is 0 Å². The third-order valence-corrected chi connectivity index (χ3v) is 8.20. The molecule has 0 N–H and O–H groups in total. The number of nitrogens with zero attached hydrogens (tertiary/aromatic N) is 1. The topological polar surface area (TPSA) is 63.7 Å². The molecule has 2 fully saturated rings. The summed E-state index contributed by atoms with van der Waals surface area (Å²) in [7, 11) is 0. The zero-order chi connectivity index (χ0) is 25.1. The van der Waals surface area contributed by atoms with Crippen LogP contribution in [0.4, 0.5) is 0 Å². The van der Waals surface area contributed by atoms with Crippen molar-refractivity contribution in [1.29, 1.82) is 0 Å². The summed E-state index contributed by atoms with van der Waals surface area (Å²) in [6, 6.07) is 20.5. The maximum atomic E-state index is 13.1. The molecule has 0 spiro atoms. The molecular formula is C30H37NO4. The second-order valence-electron chi connectivity index (χ2n) is 10.7. The molecule has 4 rings (SSSR count). The van der Waals surface area contributed by atoms with Crippen LogP contribution in [0.15, 0.2) is 60.7 Å². The highest BCUT2D eigenvalue weighted by Crippen LogP contribution is 2.45. The van der Waals surface area contributed by atoms with Gasteiger partial charge in [0.15, 0.2) is 0 Å². The van der Waals surface area contributed by atoms with Crippen molar-refractivity contribution in [3.8, 4) is 0 Å². The lowest BCUT2D eigenvalue weighted by Gasteiger charge is -2.41. The van der Waals surface area contributed by atoms with Crippen molar-refractivity contribution in [1.82, 2.24) is 4.90 Å². The van der Waals surface area contributed by atoms with E-state index in [0.29, 0.717) is 25.8 Å². The third-order valence-electron chi connectivity index (χ3n) is 8.20. The molecule has 0 bridgehead atoms. The summed E-state index contributed by atoms with van der Waals surface area (Å²) >= 11 is 0. The van der Waals surface area contributed by atoms with E-state index in [1.807, 2.05) is 19.1 Å². The van der Waals surface area contributed by atoms with Crippen molar-refractivity contribution >= 4 is 17.7 Å². The van der Waals surface area contributed by atoms with Crippen molar-refractivity contribution in [2.75, 3.05) is 6.54 Å². The van der Waals surface area contributed by atoms with Gasteiger partial charge in [-0.15, -0.1) is 0 Å². The van der Waals surface area contributed by atoms with Crippen LogP contribution in [0.3, 0.4) is 0 Å². The Hall–Kier alpha value is -2.95. The Labute approximate surface area is 208 Å². The number of amides is 1. The molecule has 1 saturated heterocycles. The average Bonchev–Trinajstić information content (AvgIpc) is 3.40. The maximum absolute atomic E-state index is 13.1. The van der Waals surface area contributed by atoms with Crippen LogP contribution in [0.25, 0.3) is 0 Å². The predicted molar refractivity (Wildman–Crippen MR) is 136 cm³/mol. The molecule has 2 aromatic carbocycles. The number of Topliss-reactive ketones (excluding diaryl/α,β-unsaturated/α-hetero) is 1. The number of ketones is 1. The van der Waals surface area contributed by atoms with Crippen molar-refractivity contribution in [3.05, 3.63) is 71.8 Å². The summed E-state index contributed by atoms with van der Waals surface area (Å²) in [5, 5.41) is 0. The van der Waals surface area contributed by atoms with E-state index >= 15 is 0 Å². The fourth-order valence-corrected chi connectivity index (χ4v) is 5.54. The molecule has 0 aromatic heterocycles. The van der Waals surface area contributed by atoms with Crippen LogP contribution >= 0.6 is 0 Å². The lowest BCUT2D eigenvalue weighted by molar-refractivity contribution is -0.161. The van der Waals surface area contributed by atoms with Crippen molar-refractivity contribution < 1.29 is 19.1 Å². The van der Waals surface area contributed by atoms with Gasteiger partial charge >= 0.3 is 5.97 Å². The number of esters is 1. The summed E-state index contributed by atoms with van der Waals surface area (Å²) in [5.41, 5.74) is 1.76. The highest BCUT2D eigenvalue weighted by molar-refractivity contribution is 6.38. The first kappa shape index (κ1) is 25.2. The quantitative estimate of drug-likeness (QED) is 0.394. The van der Waals surface area contributed by atoms with Gasteiger partial charge in [-0.1, -0.05) is 81.4 Å². The Bertz CT molecular complexity index is 997. The molecule has 2 aromatic rings. The van der Waals surface area contributed by atoms with Gasteiger partial charge in [-0.3, -0.25) is 9.59 Å². The van der Waals surface area contributed by atoms with Crippen LogP contribution in [0.2, 0.25) is 0 Å². The fraction of sp³-hybridized carbons (Fsp3) is 0.500. The minimum atomic E-state index is -0.726. The van der Waals surface area contributed by atoms with Crippen LogP contribution in [0.5, 0.6) is 0 Å². The summed E-state index contributed by atoms with van der Waals surface area (Å²) in [5.74, 6) is -1.34. The Kier molecular flexibility index (Phi) is 7.44. The number of hydrogen-bond acceptors (Lipinski definition) is 4. The molecule has 1 heterocycles. The first-order valence-electron chi connectivity index (χ1n) is 13.0. The number of benzene rings is 2. The highest BCUT2D eigenvalue weighted by Gasteiger charge is 2.44. The predicted octanol–water partition coefficient (Wildman–Crippen LogP) is 5.45. The molecular weight excluding hydrogens is 438 g/mol. The van der Waals surface area contributed by atoms with Gasteiger partial charge in [0.2, 0.25) is 5.78 Å². The van der Waals surface area contributed by atoms with Gasteiger partial charge in [0, 0.05) is 17.4 Å². The van der Waals surface area contributed by atoms with Gasteiger partial charge in [-0.25, -0.2) is 4.79 Å². The summed E-state index contributed by atoms with van der Waals surface area (Å²) in [6.45, 7) is 5.89. The fourth-order valence-electron chi connectivity index (χ4n) is 5.54. The minimum absolute atomic E-state index is 0.0983. The second-order valence-corrected chi connectivity index (χ2v) is 10.7. The number of carbonyl (C=O) groups excluding carboxylic acids is 3. The van der Waals surface area contributed by atoms with E-state index < -0.39 is 23.1 Å². The van der Waals surface area contributed by atoms with E-state index in [9.17, 15) is 14.4 Å². The van der Waals surface area contributed by atoms with E-state index in [2.05, 4.69) is 48.5 Å². The third kappa shape index (κ3) is 5.05. The smallest absolute Gasteiger partial charge is 0.329 e. The molecule has 1 saturated carbocycles. The number of likely N-dealkylation sites (tertiary alicyclic amines) is 1. The van der Waals surface area contributed by atoms with Crippen molar-refractivity contribution in [2.24, 2.45) is 5.41 Å². The number of ether oxygens (including phenoxy) is 1. The minimum Gasteiger partial charge on any atom is -0.461 e. The SMILES string of the molecule is CCC(C)(C)C(=O)C(=O)N1CCC[C@H]1C(=O)OC1CCC(c2ccccc2)(c2ccccc2)CC1. The number of rotatable bonds is 7. The van der Waals surface area contributed by atoms with Crippen LogP contribution in [-0.4, -0.2) is 41.3 Å². The molecule has 5 heteroatoms. The average molecular weight is 476 g/mol. The van der Waals surface area contributed by atoms with Gasteiger partial charge in [0.25, 0.3) is 5.91 Å². The number of carbonyl (C=O) groups is 3. The molecule has 35 heavy (non-hydrogen) atoms. The van der Waals surface area contributed by atoms with Crippen molar-refractivity contribution in [2.45, 2.75) is 83.3 Å². The molecule has 1 atom stereocenters. The molecule has 1 amide bonds. The van der Waals surface area contributed by atoms with E-state index in [-0.39, 0.29) is 17.5 Å². The summed E-state index contributed by atoms with van der Waals surface area (Å²) in [6.07, 6.45) is 4.95. The zero-order valence-electron chi connectivity index (χ0n) is 21.2. The summed E-state index contributed by atoms with van der Waals surface area (Å²) in [4.78, 5) is 40.3. The Morgan fingerprint density at radius 3 is 1.97 bits per heavy atom. The Morgan fingerprint density at radius 2 is 1.46 bits per heavy atom. The van der Waals surface area contributed by atoms with Gasteiger partial charge in [-0.05, 0) is 56.1 Å². The summed E-state index contributed by atoms with van der Waals surface area (Å²) < 4.78 is 5.97. The van der Waals surface area contributed by atoms with E-state index in [1.165, 1.54) is 16.0 Å². The molecule has 0 unspecified atom stereocenters. The van der Waals surface area contributed by atoms with Gasteiger partial charge in [0.1, 0.15) is 12.1 Å². The van der Waals surface area contributed by atoms with Crippen LogP contribution in [-0.2, 0) is 24.5 Å². The molecule has 0 radical (unpaired) electrons. The van der Waals surface area contributed by atoms with Crippen LogP contribution < -0.4 is 0 Å². The van der Waals surface area contributed by atoms with E-state index in [1.54, 1.807) is 13.8 Å². The van der Waals surface area contributed by atoms with Gasteiger partial charge < -0.3 is 9.64 Å². The highest BCUT2D eigenvalue weighted by atomic mass is 16.5. The van der Waals surface area contributed by atoms with E-state index in [0.717, 1.165) is 25.7 Å². The maximum Gasteiger partial charge on any atom is 0.329 e. The Balaban J connectivity index is 1.44. The van der Waals surface area contributed by atoms with Crippen LogP contribution in [0.1, 0.15) is 76.8 Å². The Morgan fingerprint density at radius 1 is 0.914 bits per heavy atom. The molecule has 5 nitrogen and oxygen atoms in total. The lowest BCUT2D eigenvalue weighted by Crippen LogP contribution is -2.48. The first-order valence-corrected chi connectivity index (χ1v) is 13.0. The lowest BCUT2D eigenvalue weighted by atomic mass is 9.65. The standard InChI is InChI=1S/C30H37NO4/c1-4-29(2,3)26(32)27(33)31-21-11-16-25(31)28(34)35-24-17-19-30(20-18-24,22-12-7-5-8-13-22)23-14-9-6-10-15-23/h5-10,12-15,24-25H,4,11,16-21H2,1-3H3/t25-/m0/s1. The van der Waals surface area contributed by atoms with Gasteiger partial charge in [0.05, 0.1) is 0 Å². The normalized spacial score (nSPS) is 20.4. The molecule has 186 valence electrons. The molecule has 2 aliphatic rings. The zero-order valence-corrected chi connectivity index (χ0v) is 21.2. The van der Waals surface area contributed by atoms with Crippen LogP contribution in [0, 0.1) is 5.41 Å². The largest absolute Gasteiger partial charge is 0.461 e. The number of hydrogen-bond donors (Lipinski definition) is 0. The molecule has 1 aliphatic heterocycles. The van der Waals surface area contributed by atoms with E-state index in [4.69, 9.17) is 4.74 Å². The first-order chi connectivity index (χ1) is 16.8. The molecule has 1 aliphatic carbocycles.